The van der Waals surface area contributed by atoms with Crippen molar-refractivity contribution in [2.75, 3.05) is 13.2 Å². The van der Waals surface area contributed by atoms with E-state index in [1.165, 1.54) is 0 Å². The summed E-state index contributed by atoms with van der Waals surface area (Å²) in [4.78, 5) is 0. The molecule has 9 heteroatoms. The third kappa shape index (κ3) is 3.89. The molecule has 21 heavy (non-hydrogen) atoms. The number of ether oxygens (including phenoxy) is 3. The molecule has 2 saturated heterocycles. The molecule has 0 aromatic carbocycles. The Morgan fingerprint density at radius 3 is 1.48 bits per heavy atom. The molecule has 4 unspecified atom stereocenters. The maximum atomic E-state index is 9.68. The van der Waals surface area contributed by atoms with Crippen molar-refractivity contribution < 1.29 is 44.8 Å². The predicted octanol–water partition coefficient (Wildman–Crippen LogP) is -3.34. The van der Waals surface area contributed by atoms with Gasteiger partial charge in [-0.2, -0.15) is 0 Å². The van der Waals surface area contributed by atoms with E-state index in [1.54, 1.807) is 0 Å². The van der Waals surface area contributed by atoms with Crippen LogP contribution < -0.4 is 0 Å². The molecular weight excluding hydrogens is 288 g/mol. The van der Waals surface area contributed by atoms with Gasteiger partial charge in [0.15, 0.2) is 12.6 Å². The van der Waals surface area contributed by atoms with Crippen LogP contribution in [0, 0.1) is 0 Å². The summed E-state index contributed by atoms with van der Waals surface area (Å²) in [6, 6.07) is 0. The lowest BCUT2D eigenvalue weighted by Crippen LogP contribution is -2.54. The quantitative estimate of drug-likeness (QED) is 0.313. The minimum Gasteiger partial charge on any atom is -0.394 e. The fourth-order valence-electron chi connectivity index (χ4n) is 2.48. The fraction of sp³-hybridized carbons (Fsp3) is 1.00. The van der Waals surface area contributed by atoms with Crippen molar-refractivity contribution in [3.05, 3.63) is 0 Å². The molecule has 0 aliphatic carbocycles. The van der Waals surface area contributed by atoms with Gasteiger partial charge in [0.25, 0.3) is 0 Å². The van der Waals surface area contributed by atoms with Crippen LogP contribution in [0.25, 0.3) is 0 Å². The van der Waals surface area contributed by atoms with Crippen LogP contribution in [0.1, 0.15) is 12.8 Å². The summed E-state index contributed by atoms with van der Waals surface area (Å²) in [5.74, 6) is 0. The summed E-state index contributed by atoms with van der Waals surface area (Å²) in [5, 5.41) is 56.7. The molecule has 2 fully saturated rings. The SMILES string of the molecule is OCC1O[C@H](O[C@@H]2CC(O)[C@@H](O)C(CO)O2)CC(O)[C@H]1O. The monoisotopic (exact) mass is 310 g/mol. The van der Waals surface area contributed by atoms with E-state index in [2.05, 4.69) is 0 Å². The topological polar surface area (TPSA) is 149 Å². The highest BCUT2D eigenvalue weighted by atomic mass is 16.8. The summed E-state index contributed by atoms with van der Waals surface area (Å²) in [7, 11) is 0. The molecule has 0 saturated carbocycles. The number of hydrogen-bond donors (Lipinski definition) is 6. The highest BCUT2D eigenvalue weighted by Crippen LogP contribution is 2.27. The third-order valence-corrected chi connectivity index (χ3v) is 3.73. The summed E-state index contributed by atoms with van der Waals surface area (Å²) in [6.45, 7) is -0.964. The van der Waals surface area contributed by atoms with E-state index in [1.807, 2.05) is 0 Å². The zero-order valence-corrected chi connectivity index (χ0v) is 11.4. The van der Waals surface area contributed by atoms with Crippen molar-refractivity contribution in [3.8, 4) is 0 Å². The average Bonchev–Trinajstić information content (AvgIpc) is 2.46. The van der Waals surface area contributed by atoms with E-state index >= 15 is 0 Å². The zero-order valence-electron chi connectivity index (χ0n) is 11.4. The van der Waals surface area contributed by atoms with Crippen LogP contribution in [-0.2, 0) is 14.2 Å². The lowest BCUT2D eigenvalue weighted by molar-refractivity contribution is -0.333. The largest absolute Gasteiger partial charge is 0.394 e. The second kappa shape index (κ2) is 7.27. The molecule has 0 bridgehead atoms. The normalized spacial score (nSPS) is 48.3. The van der Waals surface area contributed by atoms with E-state index in [0.717, 1.165) is 0 Å². The average molecular weight is 310 g/mol. The fourth-order valence-corrected chi connectivity index (χ4v) is 2.48. The number of hydrogen-bond acceptors (Lipinski definition) is 9. The first-order valence-electron chi connectivity index (χ1n) is 6.86. The van der Waals surface area contributed by atoms with Crippen molar-refractivity contribution in [2.24, 2.45) is 0 Å². The van der Waals surface area contributed by atoms with E-state index < -0.39 is 62.4 Å². The van der Waals surface area contributed by atoms with E-state index in [0.29, 0.717) is 0 Å². The number of aliphatic hydroxyl groups is 6. The van der Waals surface area contributed by atoms with E-state index in [9.17, 15) is 20.4 Å². The van der Waals surface area contributed by atoms with Crippen molar-refractivity contribution in [2.45, 2.75) is 62.0 Å². The number of aliphatic hydroxyl groups excluding tert-OH is 6. The van der Waals surface area contributed by atoms with Crippen LogP contribution in [0.15, 0.2) is 0 Å². The van der Waals surface area contributed by atoms with Gasteiger partial charge in [0.05, 0.1) is 25.4 Å². The Bertz CT molecular complexity index is 298. The first-order valence-corrected chi connectivity index (χ1v) is 6.86. The summed E-state index contributed by atoms with van der Waals surface area (Å²) >= 11 is 0. The summed E-state index contributed by atoms with van der Waals surface area (Å²) in [5.41, 5.74) is 0. The Balaban J connectivity index is 1.92. The minimum absolute atomic E-state index is 0.0278. The molecule has 0 aromatic rings. The van der Waals surface area contributed by atoms with Crippen molar-refractivity contribution >= 4 is 0 Å². The molecular formula is C12H22O9. The van der Waals surface area contributed by atoms with Gasteiger partial charge in [0.1, 0.15) is 24.4 Å². The molecule has 2 aliphatic rings. The molecule has 6 N–H and O–H groups in total. The molecule has 0 spiro atoms. The Hall–Kier alpha value is -0.360. The molecule has 2 rings (SSSR count). The van der Waals surface area contributed by atoms with Crippen LogP contribution in [0.4, 0.5) is 0 Å². The standard InChI is InChI=1S/C12H22O9/c13-3-7-11(17)5(15)1-9(19-7)21-10-2-6(16)12(18)8(4-14)20-10/h5-18H,1-4H2/t5?,6?,7?,8?,9-,10-,11-,12-/m1/s1. The Morgan fingerprint density at radius 1 is 0.762 bits per heavy atom. The van der Waals surface area contributed by atoms with Crippen molar-refractivity contribution in [3.63, 3.8) is 0 Å². The molecule has 124 valence electrons. The Morgan fingerprint density at radius 2 is 1.14 bits per heavy atom. The first-order chi connectivity index (χ1) is 9.96. The molecule has 0 aromatic heterocycles. The second-order valence-corrected chi connectivity index (χ2v) is 5.30. The van der Waals surface area contributed by atoms with Gasteiger partial charge in [0, 0.05) is 12.8 Å². The molecule has 2 heterocycles. The maximum Gasteiger partial charge on any atom is 0.163 e. The van der Waals surface area contributed by atoms with Crippen molar-refractivity contribution in [1.82, 2.24) is 0 Å². The second-order valence-electron chi connectivity index (χ2n) is 5.30. The highest BCUT2D eigenvalue weighted by Gasteiger charge is 2.41. The lowest BCUT2D eigenvalue weighted by atomic mass is 10.0. The van der Waals surface area contributed by atoms with Crippen LogP contribution in [0.5, 0.6) is 0 Å². The van der Waals surface area contributed by atoms with Gasteiger partial charge < -0.3 is 44.8 Å². The zero-order chi connectivity index (χ0) is 15.6. The van der Waals surface area contributed by atoms with Crippen molar-refractivity contribution in [1.29, 1.82) is 0 Å². The number of rotatable bonds is 4. The molecule has 0 radical (unpaired) electrons. The van der Waals surface area contributed by atoms with Gasteiger partial charge in [-0.15, -0.1) is 0 Å². The molecule has 9 nitrogen and oxygen atoms in total. The maximum absolute atomic E-state index is 9.68. The minimum atomic E-state index is -1.21. The van der Waals surface area contributed by atoms with Crippen LogP contribution in [0.3, 0.4) is 0 Å². The van der Waals surface area contributed by atoms with Gasteiger partial charge in [-0.3, -0.25) is 0 Å². The summed E-state index contributed by atoms with van der Waals surface area (Å²) in [6.07, 6.45) is -8.54. The van der Waals surface area contributed by atoms with Gasteiger partial charge in [-0.1, -0.05) is 0 Å². The van der Waals surface area contributed by atoms with E-state index in [-0.39, 0.29) is 12.8 Å². The third-order valence-electron chi connectivity index (χ3n) is 3.73. The van der Waals surface area contributed by atoms with Gasteiger partial charge >= 0.3 is 0 Å². The molecule has 2 aliphatic heterocycles. The Kier molecular flexibility index (Phi) is 5.88. The smallest absolute Gasteiger partial charge is 0.163 e. The van der Waals surface area contributed by atoms with Gasteiger partial charge in [-0.05, 0) is 0 Å². The van der Waals surface area contributed by atoms with Crippen LogP contribution in [-0.4, -0.2) is 93.1 Å². The van der Waals surface area contributed by atoms with Crippen LogP contribution >= 0.6 is 0 Å². The van der Waals surface area contributed by atoms with Gasteiger partial charge in [-0.25, -0.2) is 0 Å². The lowest BCUT2D eigenvalue weighted by Gasteiger charge is -2.40. The molecule has 8 atom stereocenters. The van der Waals surface area contributed by atoms with Gasteiger partial charge in [0.2, 0.25) is 0 Å². The molecule has 0 amide bonds. The summed E-state index contributed by atoms with van der Waals surface area (Å²) < 4.78 is 16.0. The van der Waals surface area contributed by atoms with Crippen LogP contribution in [0.2, 0.25) is 0 Å². The van der Waals surface area contributed by atoms with E-state index in [4.69, 9.17) is 24.4 Å². The first kappa shape index (κ1) is 17.0. The highest BCUT2D eigenvalue weighted by molar-refractivity contribution is 4.85. The predicted molar refractivity (Wildman–Crippen MR) is 65.8 cm³/mol. The Labute approximate surface area is 121 Å².